The zero-order valence-corrected chi connectivity index (χ0v) is 61.2. The first-order chi connectivity index (χ1) is 37.4. The van der Waals surface area contributed by atoms with Crippen molar-refractivity contribution < 1.29 is 33.6 Å². The number of Topliss-reactive ketones (excluding diaryl/α,β-unsaturated/α-hetero) is 7. The van der Waals surface area contributed by atoms with Gasteiger partial charge in [-0.05, 0) is 85.0 Å². The second kappa shape index (κ2) is 50.6. The van der Waals surface area contributed by atoms with Gasteiger partial charge in [-0.2, -0.15) is 0 Å². The number of carbonyl (C=O) groups excluding carboxylic acids is 7. The standard InChI is InChI=1S/C9H16O.C9H18O.C8H17NS.C8H14O.2C8H16O.C7H13NS.2C7H14O/c1-7(2)9(10)8-5-3-4-6-8;1-5-8(6-2)9(10)7(3)4;1-6(2)7(10)9-8(3,4)5;1-6(2)8(9)7-4-3-5-7;1-6(2)7(9)8(3,4)5;1-4-5-6-8(9)7(2)3;1-5(2)7(9)8-6-3-4-6;1-5(2)7(8)6(3)4;1-4-5-7(8)6(2)3/h7-8H,3-6H2,1-2H3;7-8H,5-6H2,1-4H3;6H,1-5H3,(H,9,10);6-7H,3-5H2,1-2H3;6H,1-5H3;7H,4-6H2,1-3H3;5-6H,3-4H2,1-2H3,(H,8,9);5-6H,1-4H3;6H,4-5H2,1-3H3. The van der Waals surface area contributed by atoms with E-state index in [2.05, 4.69) is 79.9 Å². The molecule has 0 amide bonds. The van der Waals surface area contributed by atoms with E-state index in [1.807, 2.05) is 138 Å². The maximum absolute atomic E-state index is 11.3. The van der Waals surface area contributed by atoms with Crippen molar-refractivity contribution in [2.24, 2.45) is 82.3 Å². The van der Waals surface area contributed by atoms with Gasteiger partial charge in [-0.25, -0.2) is 0 Å². The van der Waals surface area contributed by atoms with Gasteiger partial charge in [-0.3, -0.25) is 33.6 Å². The lowest BCUT2D eigenvalue weighted by molar-refractivity contribution is -0.129. The Kier molecular flexibility index (Phi) is 55.9. The van der Waals surface area contributed by atoms with Crippen molar-refractivity contribution in [2.45, 2.75) is 322 Å². The monoisotopic (exact) mass is 1190 g/mol. The van der Waals surface area contributed by atoms with Gasteiger partial charge in [0, 0.05) is 107 Å². The molecule has 2 N–H and O–H groups in total. The molecular weight excluding hydrogens is 1060 g/mol. The van der Waals surface area contributed by atoms with Crippen LogP contribution in [0, 0.1) is 82.3 Å². The van der Waals surface area contributed by atoms with Crippen LogP contribution in [0.1, 0.15) is 310 Å². The van der Waals surface area contributed by atoms with Gasteiger partial charge in [0.05, 0.1) is 9.98 Å². The summed E-state index contributed by atoms with van der Waals surface area (Å²) >= 11 is 10.2. The Morgan fingerprint density at radius 2 is 0.768 bits per heavy atom. The number of rotatable bonds is 21. The smallest absolute Gasteiger partial charge is 0.140 e. The van der Waals surface area contributed by atoms with Crippen LogP contribution in [0.4, 0.5) is 0 Å². The Bertz CT molecular complexity index is 1700. The molecule has 9 nitrogen and oxygen atoms in total. The molecule has 0 bridgehead atoms. The van der Waals surface area contributed by atoms with E-state index in [0.29, 0.717) is 70.1 Å². The molecular formula is C71H138N2O7S2. The highest BCUT2D eigenvalue weighted by Crippen LogP contribution is 2.29. The minimum atomic E-state index is -0.159. The molecule has 82 heavy (non-hydrogen) atoms. The van der Waals surface area contributed by atoms with E-state index in [0.717, 1.165) is 86.6 Å². The second-order valence-corrected chi connectivity index (χ2v) is 29.1. The summed E-state index contributed by atoms with van der Waals surface area (Å²) in [6.07, 6.45) is 17.7. The number of ketones is 7. The van der Waals surface area contributed by atoms with Gasteiger partial charge in [-0.1, -0.05) is 237 Å². The molecule has 0 aromatic rings. The molecule has 11 heteroatoms. The van der Waals surface area contributed by atoms with E-state index in [-0.39, 0.29) is 58.3 Å². The number of hydrogen-bond donors (Lipinski definition) is 2. The van der Waals surface area contributed by atoms with Gasteiger partial charge >= 0.3 is 0 Å². The Hall–Kier alpha value is -2.53. The minimum absolute atomic E-state index is 0.112. The Morgan fingerprint density at radius 1 is 0.415 bits per heavy atom. The van der Waals surface area contributed by atoms with Crippen LogP contribution in [0.25, 0.3) is 0 Å². The summed E-state index contributed by atoms with van der Waals surface area (Å²) in [4.78, 5) is 79.4. The van der Waals surface area contributed by atoms with Crippen molar-refractivity contribution in [2.75, 3.05) is 0 Å². The second-order valence-electron chi connectivity index (χ2n) is 28.2. The fourth-order valence-electron chi connectivity index (χ4n) is 7.83. The summed E-state index contributed by atoms with van der Waals surface area (Å²) in [5, 5.41) is 6.53. The van der Waals surface area contributed by atoms with Gasteiger partial charge in [0.1, 0.15) is 40.5 Å². The summed E-state index contributed by atoms with van der Waals surface area (Å²) in [5.74, 6) is 6.74. The lowest BCUT2D eigenvalue weighted by Crippen LogP contribution is -2.41. The lowest BCUT2D eigenvalue weighted by atomic mass is 9.79. The quantitative estimate of drug-likeness (QED) is 0.106. The van der Waals surface area contributed by atoms with Gasteiger partial charge in [0.25, 0.3) is 0 Å². The maximum atomic E-state index is 11.3. The highest BCUT2D eigenvalue weighted by Gasteiger charge is 2.27. The predicted octanol–water partition coefficient (Wildman–Crippen LogP) is 19.7. The van der Waals surface area contributed by atoms with Crippen molar-refractivity contribution in [3.63, 3.8) is 0 Å². The molecule has 3 aliphatic rings. The average molecular weight is 1200 g/mol. The molecule has 3 rings (SSSR count). The minimum Gasteiger partial charge on any atom is -0.377 e. The van der Waals surface area contributed by atoms with Gasteiger partial charge in [0.2, 0.25) is 0 Å². The lowest BCUT2D eigenvalue weighted by Gasteiger charge is -2.25. The van der Waals surface area contributed by atoms with E-state index in [1.54, 1.807) is 0 Å². The molecule has 0 atom stereocenters. The molecule has 0 unspecified atom stereocenters. The first-order valence-corrected chi connectivity index (χ1v) is 33.5. The first-order valence-electron chi connectivity index (χ1n) is 32.7. The van der Waals surface area contributed by atoms with Crippen LogP contribution in [0.5, 0.6) is 0 Å². The molecule has 0 heterocycles. The van der Waals surface area contributed by atoms with Crippen molar-refractivity contribution in [3.8, 4) is 0 Å². The van der Waals surface area contributed by atoms with Gasteiger partial charge in [0.15, 0.2) is 0 Å². The fraction of sp³-hybridized carbons (Fsp3) is 0.873. The van der Waals surface area contributed by atoms with Crippen LogP contribution in [0.15, 0.2) is 0 Å². The maximum Gasteiger partial charge on any atom is 0.140 e. The third kappa shape index (κ3) is 54.1. The van der Waals surface area contributed by atoms with E-state index >= 15 is 0 Å². The molecule has 3 aliphatic carbocycles. The first kappa shape index (κ1) is 90.7. The molecule has 3 saturated carbocycles. The van der Waals surface area contributed by atoms with Crippen LogP contribution < -0.4 is 10.6 Å². The number of unbranched alkanes of at least 4 members (excludes halogenated alkanes) is 1. The van der Waals surface area contributed by atoms with E-state index < -0.39 is 0 Å². The number of nitrogens with one attached hydrogen (secondary N) is 2. The largest absolute Gasteiger partial charge is 0.377 e. The topological polar surface area (TPSA) is 144 Å². The summed E-state index contributed by atoms with van der Waals surface area (Å²) in [7, 11) is 0. The highest BCUT2D eigenvalue weighted by molar-refractivity contribution is 7.80. The van der Waals surface area contributed by atoms with Gasteiger partial charge < -0.3 is 10.6 Å². The van der Waals surface area contributed by atoms with Crippen molar-refractivity contribution in [3.05, 3.63) is 0 Å². The predicted molar refractivity (Wildman–Crippen MR) is 365 cm³/mol. The molecule has 0 aromatic heterocycles. The molecule has 0 spiro atoms. The van der Waals surface area contributed by atoms with Crippen LogP contribution in [-0.4, -0.2) is 62.0 Å². The summed E-state index contributed by atoms with van der Waals surface area (Å²) in [6, 6.07) is 0.722. The Labute approximate surface area is 520 Å². The zero-order valence-electron chi connectivity index (χ0n) is 59.6. The van der Waals surface area contributed by atoms with Crippen LogP contribution in [0.2, 0.25) is 0 Å². The summed E-state index contributed by atoms with van der Waals surface area (Å²) < 4.78 is 0. The Morgan fingerprint density at radius 3 is 0.927 bits per heavy atom. The van der Waals surface area contributed by atoms with Crippen molar-refractivity contribution >= 4 is 74.9 Å². The van der Waals surface area contributed by atoms with E-state index in [4.69, 9.17) is 24.4 Å². The van der Waals surface area contributed by atoms with Crippen LogP contribution >= 0.6 is 24.4 Å². The SMILES string of the molecule is CC(C)C(=O)C(C)(C)C.CC(C)C(=O)C(C)C.CC(C)C(=O)C1CCC1.CC(C)C(=O)C1CCCC1.CC(C)C(=S)NC(C)(C)C.CC(C)C(=S)NC1CC1.CCC(CC)C(=O)C(C)C.CCCC(=O)C(C)C.CCCCC(=O)C(C)C. The molecule has 0 saturated heterocycles. The van der Waals surface area contributed by atoms with Crippen molar-refractivity contribution in [1.82, 2.24) is 10.6 Å². The molecule has 0 aliphatic heterocycles. The number of carbonyl (C=O) groups is 7. The molecule has 0 aromatic carbocycles. The number of thiocarbonyl (C=S) groups is 2. The molecule has 0 radical (unpaired) electrons. The molecule has 486 valence electrons. The van der Waals surface area contributed by atoms with E-state index in [1.165, 1.54) is 32.1 Å². The van der Waals surface area contributed by atoms with Gasteiger partial charge in [-0.15, -0.1) is 0 Å². The normalized spacial score (nSPS) is 13.9. The zero-order chi connectivity index (χ0) is 66.0. The summed E-state index contributed by atoms with van der Waals surface area (Å²) in [5.41, 5.74) is -0.0461. The summed E-state index contributed by atoms with van der Waals surface area (Å²) in [6.45, 7) is 60.3. The third-order valence-electron chi connectivity index (χ3n) is 13.8. The highest BCUT2D eigenvalue weighted by atomic mass is 32.1. The molecule has 3 fully saturated rings. The van der Waals surface area contributed by atoms with Crippen LogP contribution in [0.3, 0.4) is 0 Å². The van der Waals surface area contributed by atoms with E-state index in [9.17, 15) is 33.6 Å². The Balaban J connectivity index is -0.000000198. The average Bonchev–Trinajstić information content (AvgIpc) is 3.99. The third-order valence-corrected chi connectivity index (χ3v) is 15.0. The fourth-order valence-corrected chi connectivity index (χ4v) is 8.30. The van der Waals surface area contributed by atoms with Crippen molar-refractivity contribution in [1.29, 1.82) is 0 Å². The van der Waals surface area contributed by atoms with Crippen LogP contribution in [-0.2, 0) is 33.6 Å². The number of hydrogen-bond acceptors (Lipinski definition) is 9.